The Morgan fingerprint density at radius 1 is 0.667 bits per heavy atom. The standard InChI is InChI=1S/C31H37N3O2/c35-31(34-20-18-33(19-21-34)23-26-8-3-1-4-9-26)29-14-16-32(17-15-29)24-28-12-7-13-30(22-28)36-25-27-10-5-2-6-11-27/h1-13,22,29H,14-21,23-25H2. The molecule has 0 spiro atoms. The second kappa shape index (κ2) is 12.2. The van der Waals surface area contributed by atoms with Gasteiger partial charge in [-0.05, 0) is 54.8 Å². The van der Waals surface area contributed by atoms with E-state index in [0.717, 1.165) is 70.9 Å². The smallest absolute Gasteiger partial charge is 0.225 e. The lowest BCUT2D eigenvalue weighted by atomic mass is 9.94. The third-order valence-corrected chi connectivity index (χ3v) is 7.42. The van der Waals surface area contributed by atoms with Gasteiger partial charge in [0.15, 0.2) is 0 Å². The minimum Gasteiger partial charge on any atom is -0.489 e. The summed E-state index contributed by atoms with van der Waals surface area (Å²) in [5.41, 5.74) is 3.78. The molecule has 36 heavy (non-hydrogen) atoms. The van der Waals surface area contributed by atoms with Crippen molar-refractivity contribution in [2.24, 2.45) is 5.92 Å². The Labute approximate surface area is 215 Å². The molecule has 188 valence electrons. The monoisotopic (exact) mass is 483 g/mol. The average Bonchev–Trinajstić information content (AvgIpc) is 2.94. The number of amides is 1. The molecule has 2 saturated heterocycles. The van der Waals surface area contributed by atoms with Crippen LogP contribution >= 0.6 is 0 Å². The van der Waals surface area contributed by atoms with Crippen LogP contribution in [-0.2, 0) is 24.5 Å². The molecule has 2 fully saturated rings. The Morgan fingerprint density at radius 2 is 1.25 bits per heavy atom. The lowest BCUT2D eigenvalue weighted by Gasteiger charge is -2.38. The van der Waals surface area contributed by atoms with Crippen LogP contribution in [0.4, 0.5) is 0 Å². The molecule has 0 aromatic heterocycles. The van der Waals surface area contributed by atoms with Crippen molar-refractivity contribution in [1.82, 2.24) is 14.7 Å². The lowest BCUT2D eigenvalue weighted by Crippen LogP contribution is -2.51. The van der Waals surface area contributed by atoms with E-state index in [2.05, 4.69) is 75.4 Å². The van der Waals surface area contributed by atoms with E-state index < -0.39 is 0 Å². The van der Waals surface area contributed by atoms with Crippen LogP contribution in [0.15, 0.2) is 84.9 Å². The van der Waals surface area contributed by atoms with Gasteiger partial charge in [-0.3, -0.25) is 14.6 Å². The van der Waals surface area contributed by atoms with Crippen molar-refractivity contribution in [3.63, 3.8) is 0 Å². The molecule has 0 bridgehead atoms. The number of nitrogens with zero attached hydrogens (tertiary/aromatic N) is 3. The van der Waals surface area contributed by atoms with Crippen LogP contribution in [-0.4, -0.2) is 59.9 Å². The van der Waals surface area contributed by atoms with Crippen molar-refractivity contribution in [3.05, 3.63) is 102 Å². The lowest BCUT2D eigenvalue weighted by molar-refractivity contribution is -0.139. The third kappa shape index (κ3) is 6.74. The van der Waals surface area contributed by atoms with E-state index in [-0.39, 0.29) is 5.92 Å². The van der Waals surface area contributed by atoms with Gasteiger partial charge >= 0.3 is 0 Å². The van der Waals surface area contributed by atoms with Gasteiger partial charge in [-0.15, -0.1) is 0 Å². The molecule has 5 nitrogen and oxygen atoms in total. The Bertz CT molecular complexity index is 1090. The summed E-state index contributed by atoms with van der Waals surface area (Å²) < 4.78 is 6.01. The van der Waals surface area contributed by atoms with Gasteiger partial charge in [-0.1, -0.05) is 72.8 Å². The Morgan fingerprint density at radius 3 is 1.94 bits per heavy atom. The quantitative estimate of drug-likeness (QED) is 0.460. The molecule has 0 unspecified atom stereocenters. The topological polar surface area (TPSA) is 36.0 Å². The molecule has 0 radical (unpaired) electrons. The molecule has 0 N–H and O–H groups in total. The van der Waals surface area contributed by atoms with Crippen LogP contribution < -0.4 is 4.74 Å². The van der Waals surface area contributed by atoms with Crippen molar-refractivity contribution in [1.29, 1.82) is 0 Å². The summed E-state index contributed by atoms with van der Waals surface area (Å²) in [5.74, 6) is 1.45. The summed E-state index contributed by atoms with van der Waals surface area (Å²) in [6, 6.07) is 29.3. The van der Waals surface area contributed by atoms with Crippen molar-refractivity contribution >= 4 is 5.91 Å². The summed E-state index contributed by atoms with van der Waals surface area (Å²) in [6.45, 7) is 8.02. The summed E-state index contributed by atoms with van der Waals surface area (Å²) >= 11 is 0. The van der Waals surface area contributed by atoms with Gasteiger partial charge < -0.3 is 9.64 Å². The highest BCUT2D eigenvalue weighted by Crippen LogP contribution is 2.23. The second-order valence-electron chi connectivity index (χ2n) is 10.1. The van der Waals surface area contributed by atoms with Crippen molar-refractivity contribution in [2.45, 2.75) is 32.5 Å². The maximum Gasteiger partial charge on any atom is 0.225 e. The first-order valence-corrected chi connectivity index (χ1v) is 13.3. The van der Waals surface area contributed by atoms with E-state index in [1.54, 1.807) is 0 Å². The van der Waals surface area contributed by atoms with Crippen LogP contribution in [0.5, 0.6) is 5.75 Å². The summed E-state index contributed by atoms with van der Waals surface area (Å²) in [7, 11) is 0. The van der Waals surface area contributed by atoms with E-state index in [0.29, 0.717) is 12.5 Å². The van der Waals surface area contributed by atoms with E-state index in [4.69, 9.17) is 4.74 Å². The maximum atomic E-state index is 13.2. The maximum absolute atomic E-state index is 13.2. The fourth-order valence-electron chi connectivity index (χ4n) is 5.30. The average molecular weight is 484 g/mol. The second-order valence-corrected chi connectivity index (χ2v) is 10.1. The fourth-order valence-corrected chi connectivity index (χ4v) is 5.30. The number of hydrogen-bond acceptors (Lipinski definition) is 4. The Kier molecular flexibility index (Phi) is 8.32. The van der Waals surface area contributed by atoms with Crippen LogP contribution in [0, 0.1) is 5.92 Å². The van der Waals surface area contributed by atoms with E-state index in [1.165, 1.54) is 16.7 Å². The minimum absolute atomic E-state index is 0.169. The molecule has 5 heteroatoms. The number of piperazine rings is 1. The highest BCUT2D eigenvalue weighted by atomic mass is 16.5. The van der Waals surface area contributed by atoms with E-state index >= 15 is 0 Å². The van der Waals surface area contributed by atoms with Gasteiger partial charge in [0.1, 0.15) is 12.4 Å². The number of carbonyl (C=O) groups excluding carboxylic acids is 1. The number of piperidine rings is 1. The number of rotatable bonds is 8. The fraction of sp³-hybridized carbons (Fsp3) is 0.387. The van der Waals surface area contributed by atoms with Crippen LogP contribution in [0.25, 0.3) is 0 Å². The summed E-state index contributed by atoms with van der Waals surface area (Å²) in [4.78, 5) is 20.2. The zero-order chi connectivity index (χ0) is 24.6. The van der Waals surface area contributed by atoms with Gasteiger partial charge in [0, 0.05) is 45.2 Å². The highest BCUT2D eigenvalue weighted by Gasteiger charge is 2.30. The third-order valence-electron chi connectivity index (χ3n) is 7.42. The molecule has 1 amide bonds. The zero-order valence-electron chi connectivity index (χ0n) is 21.1. The van der Waals surface area contributed by atoms with Crippen LogP contribution in [0.2, 0.25) is 0 Å². The normalized spacial score (nSPS) is 17.7. The summed E-state index contributed by atoms with van der Waals surface area (Å²) in [6.07, 6.45) is 1.90. The molecule has 2 aliphatic rings. The zero-order valence-corrected chi connectivity index (χ0v) is 21.1. The van der Waals surface area contributed by atoms with Gasteiger partial charge in [-0.25, -0.2) is 0 Å². The summed E-state index contributed by atoms with van der Waals surface area (Å²) in [5, 5.41) is 0. The highest BCUT2D eigenvalue weighted by molar-refractivity contribution is 5.79. The number of hydrogen-bond donors (Lipinski definition) is 0. The molecule has 0 saturated carbocycles. The molecular formula is C31H37N3O2. The van der Waals surface area contributed by atoms with Crippen molar-refractivity contribution in [3.8, 4) is 5.75 Å². The number of carbonyl (C=O) groups is 1. The van der Waals surface area contributed by atoms with E-state index in [1.807, 2.05) is 24.3 Å². The Hall–Kier alpha value is -3.15. The molecule has 5 rings (SSSR count). The molecule has 2 heterocycles. The minimum atomic E-state index is 0.169. The first-order valence-electron chi connectivity index (χ1n) is 13.3. The number of benzene rings is 3. The first kappa shape index (κ1) is 24.5. The van der Waals surface area contributed by atoms with Crippen molar-refractivity contribution in [2.75, 3.05) is 39.3 Å². The largest absolute Gasteiger partial charge is 0.489 e. The number of ether oxygens (including phenoxy) is 1. The van der Waals surface area contributed by atoms with Gasteiger partial charge in [0.25, 0.3) is 0 Å². The number of likely N-dealkylation sites (tertiary alicyclic amines) is 1. The molecule has 3 aromatic carbocycles. The first-order chi connectivity index (χ1) is 17.7. The van der Waals surface area contributed by atoms with Gasteiger partial charge in [0.05, 0.1) is 0 Å². The van der Waals surface area contributed by atoms with Crippen molar-refractivity contribution < 1.29 is 9.53 Å². The van der Waals surface area contributed by atoms with Gasteiger partial charge in [0.2, 0.25) is 5.91 Å². The predicted molar refractivity (Wildman–Crippen MR) is 144 cm³/mol. The molecule has 0 aliphatic carbocycles. The predicted octanol–water partition coefficient (Wildman–Crippen LogP) is 4.82. The SMILES string of the molecule is O=C(C1CCN(Cc2cccc(OCc3ccccc3)c2)CC1)N1CCN(Cc2ccccc2)CC1. The molecule has 0 atom stereocenters. The Balaban J connectivity index is 1.04. The molecule has 3 aromatic rings. The molecular weight excluding hydrogens is 446 g/mol. The van der Waals surface area contributed by atoms with Crippen LogP contribution in [0.3, 0.4) is 0 Å². The van der Waals surface area contributed by atoms with Gasteiger partial charge in [-0.2, -0.15) is 0 Å². The van der Waals surface area contributed by atoms with Crippen LogP contribution in [0.1, 0.15) is 29.5 Å². The van der Waals surface area contributed by atoms with E-state index in [9.17, 15) is 4.79 Å². The molecule has 2 aliphatic heterocycles.